The van der Waals surface area contributed by atoms with Crippen molar-refractivity contribution < 1.29 is 22.4 Å². The van der Waals surface area contributed by atoms with Crippen molar-refractivity contribution >= 4 is 29.3 Å². The van der Waals surface area contributed by atoms with E-state index in [9.17, 15) is 18.0 Å². The van der Waals surface area contributed by atoms with Crippen LogP contribution in [0.5, 0.6) is 0 Å². The fourth-order valence-corrected chi connectivity index (χ4v) is 2.24. The average molecular weight is 338 g/mol. The molecule has 1 fully saturated rings. The lowest BCUT2D eigenvalue weighted by atomic mass is 10.1. The summed E-state index contributed by atoms with van der Waals surface area (Å²) in [5, 5.41) is 5.29. The van der Waals surface area contributed by atoms with Crippen LogP contribution in [-0.4, -0.2) is 11.0 Å². The first-order valence-corrected chi connectivity index (χ1v) is 6.85. The van der Waals surface area contributed by atoms with Gasteiger partial charge < -0.3 is 9.73 Å². The highest BCUT2D eigenvalue weighted by Gasteiger charge is 2.30. The number of hydrogen-bond acceptors (Lipinski definition) is 3. The number of carbonyl (C=O) groups excluding carboxylic acids is 1. The Morgan fingerprint density at radius 3 is 2.30 bits per heavy atom. The summed E-state index contributed by atoms with van der Waals surface area (Å²) in [6.07, 6.45) is -2.92. The van der Waals surface area contributed by atoms with Crippen molar-refractivity contribution in [3.8, 4) is 11.3 Å². The molecule has 0 bridgehead atoms. The SMILES string of the molecule is O=C1NC(=S)N/C1=C/c1ccc(-c2ccc(C(F)(F)F)cc2)o1. The number of amides is 1. The fraction of sp³-hybridized carbons (Fsp3) is 0.0667. The van der Waals surface area contributed by atoms with Crippen LogP contribution in [0.25, 0.3) is 17.4 Å². The van der Waals surface area contributed by atoms with Gasteiger partial charge in [0.25, 0.3) is 5.91 Å². The molecule has 0 radical (unpaired) electrons. The Hall–Kier alpha value is -2.61. The van der Waals surface area contributed by atoms with Crippen molar-refractivity contribution in [2.45, 2.75) is 6.18 Å². The number of rotatable bonds is 2. The van der Waals surface area contributed by atoms with Gasteiger partial charge in [0.05, 0.1) is 5.56 Å². The molecule has 0 atom stereocenters. The lowest BCUT2D eigenvalue weighted by Crippen LogP contribution is -2.21. The second-order valence-corrected chi connectivity index (χ2v) is 5.15. The van der Waals surface area contributed by atoms with Crippen LogP contribution in [0.2, 0.25) is 0 Å². The van der Waals surface area contributed by atoms with E-state index >= 15 is 0 Å². The van der Waals surface area contributed by atoms with Gasteiger partial charge >= 0.3 is 6.18 Å². The zero-order chi connectivity index (χ0) is 16.6. The minimum absolute atomic E-state index is 0.204. The summed E-state index contributed by atoms with van der Waals surface area (Å²) in [5.41, 5.74) is 0.0146. The summed E-state index contributed by atoms with van der Waals surface area (Å²) in [4.78, 5) is 11.5. The van der Waals surface area contributed by atoms with Crippen LogP contribution in [0.15, 0.2) is 46.5 Å². The van der Waals surface area contributed by atoms with E-state index in [2.05, 4.69) is 10.6 Å². The van der Waals surface area contributed by atoms with Crippen LogP contribution in [0.4, 0.5) is 13.2 Å². The number of furan rings is 1. The van der Waals surface area contributed by atoms with Crippen molar-refractivity contribution in [1.82, 2.24) is 10.6 Å². The topological polar surface area (TPSA) is 54.3 Å². The summed E-state index contributed by atoms with van der Waals surface area (Å²) in [6, 6.07) is 7.85. The van der Waals surface area contributed by atoms with E-state index in [0.717, 1.165) is 12.1 Å². The molecule has 2 N–H and O–H groups in total. The van der Waals surface area contributed by atoms with E-state index in [0.29, 0.717) is 17.1 Å². The van der Waals surface area contributed by atoms with Gasteiger partial charge in [-0.3, -0.25) is 10.1 Å². The van der Waals surface area contributed by atoms with E-state index < -0.39 is 11.7 Å². The number of carbonyl (C=O) groups is 1. The van der Waals surface area contributed by atoms with Crippen LogP contribution < -0.4 is 10.6 Å². The highest BCUT2D eigenvalue weighted by atomic mass is 32.1. The predicted octanol–water partition coefficient (Wildman–Crippen LogP) is 3.31. The molecule has 1 saturated heterocycles. The predicted molar refractivity (Wildman–Crippen MR) is 81.0 cm³/mol. The quantitative estimate of drug-likeness (QED) is 0.652. The van der Waals surface area contributed by atoms with Gasteiger partial charge in [0.2, 0.25) is 0 Å². The number of halogens is 3. The summed E-state index contributed by atoms with van der Waals surface area (Å²) in [6.45, 7) is 0. The van der Waals surface area contributed by atoms with Gasteiger partial charge in [0, 0.05) is 11.6 Å². The first-order valence-electron chi connectivity index (χ1n) is 6.44. The van der Waals surface area contributed by atoms with Crippen molar-refractivity contribution in [1.29, 1.82) is 0 Å². The molecule has 1 aliphatic heterocycles. The van der Waals surface area contributed by atoms with Crippen LogP contribution in [0.1, 0.15) is 11.3 Å². The monoisotopic (exact) mass is 338 g/mol. The maximum Gasteiger partial charge on any atom is 0.416 e. The average Bonchev–Trinajstić information content (AvgIpc) is 3.06. The maximum absolute atomic E-state index is 12.5. The molecule has 23 heavy (non-hydrogen) atoms. The minimum atomic E-state index is -4.38. The molecular weight excluding hydrogens is 329 g/mol. The van der Waals surface area contributed by atoms with Gasteiger partial charge in [0.1, 0.15) is 17.2 Å². The Labute approximate surface area is 134 Å². The largest absolute Gasteiger partial charge is 0.457 e. The van der Waals surface area contributed by atoms with E-state index in [-0.39, 0.29) is 16.7 Å². The molecule has 1 amide bonds. The van der Waals surface area contributed by atoms with Crippen LogP contribution in [0.3, 0.4) is 0 Å². The first-order chi connectivity index (χ1) is 10.8. The molecule has 0 unspecified atom stereocenters. The van der Waals surface area contributed by atoms with Gasteiger partial charge in [0.15, 0.2) is 5.11 Å². The molecule has 0 spiro atoms. The van der Waals surface area contributed by atoms with E-state index in [1.807, 2.05) is 0 Å². The van der Waals surface area contributed by atoms with Gasteiger partial charge in [-0.05, 0) is 36.5 Å². The third-order valence-corrected chi connectivity index (χ3v) is 3.33. The Balaban J connectivity index is 1.84. The third-order valence-electron chi connectivity index (χ3n) is 3.13. The fourth-order valence-electron chi connectivity index (χ4n) is 2.03. The number of alkyl halides is 3. The second kappa shape index (κ2) is 5.54. The molecular formula is C15H9F3N2O2S. The summed E-state index contributed by atoms with van der Waals surface area (Å²) in [5.74, 6) is 0.399. The van der Waals surface area contributed by atoms with Crippen molar-refractivity contribution in [3.63, 3.8) is 0 Å². The van der Waals surface area contributed by atoms with Crippen LogP contribution in [0, 0.1) is 0 Å². The van der Waals surface area contributed by atoms with Crippen LogP contribution >= 0.6 is 12.2 Å². The Morgan fingerprint density at radius 2 is 1.74 bits per heavy atom. The van der Waals surface area contributed by atoms with Crippen molar-refractivity contribution in [3.05, 3.63) is 53.4 Å². The lowest BCUT2D eigenvalue weighted by molar-refractivity contribution is -0.137. The molecule has 2 aromatic rings. The molecule has 0 saturated carbocycles. The molecule has 2 heterocycles. The summed E-state index contributed by atoms with van der Waals surface area (Å²) >= 11 is 4.81. The molecule has 118 valence electrons. The van der Waals surface area contributed by atoms with Gasteiger partial charge in [-0.1, -0.05) is 12.1 Å². The third kappa shape index (κ3) is 3.26. The second-order valence-electron chi connectivity index (χ2n) is 4.74. The lowest BCUT2D eigenvalue weighted by Gasteiger charge is -2.06. The summed E-state index contributed by atoms with van der Waals surface area (Å²) < 4.78 is 43.1. The van der Waals surface area contributed by atoms with E-state index in [1.165, 1.54) is 18.2 Å². The molecule has 1 aliphatic rings. The molecule has 1 aromatic carbocycles. The number of nitrogens with one attached hydrogen (secondary N) is 2. The van der Waals surface area contributed by atoms with E-state index in [4.69, 9.17) is 16.6 Å². The Bertz CT molecular complexity index is 807. The maximum atomic E-state index is 12.5. The molecule has 4 nitrogen and oxygen atoms in total. The Morgan fingerprint density at radius 1 is 1.04 bits per heavy atom. The number of benzene rings is 1. The van der Waals surface area contributed by atoms with Gasteiger partial charge in [-0.2, -0.15) is 13.2 Å². The summed E-state index contributed by atoms with van der Waals surface area (Å²) in [7, 11) is 0. The van der Waals surface area contributed by atoms with Gasteiger partial charge in [-0.25, -0.2) is 0 Å². The molecule has 1 aromatic heterocycles. The molecule has 3 rings (SSSR count). The smallest absolute Gasteiger partial charge is 0.416 e. The first kappa shape index (κ1) is 15.3. The molecule has 0 aliphatic carbocycles. The molecule has 8 heteroatoms. The number of thiocarbonyl (C=S) groups is 1. The van der Waals surface area contributed by atoms with Gasteiger partial charge in [-0.15, -0.1) is 0 Å². The minimum Gasteiger partial charge on any atom is -0.457 e. The highest BCUT2D eigenvalue weighted by Crippen LogP contribution is 2.31. The normalized spacial score (nSPS) is 16.6. The van der Waals surface area contributed by atoms with E-state index in [1.54, 1.807) is 12.1 Å². The highest BCUT2D eigenvalue weighted by molar-refractivity contribution is 7.80. The van der Waals surface area contributed by atoms with Crippen molar-refractivity contribution in [2.24, 2.45) is 0 Å². The Kier molecular flexibility index (Phi) is 3.69. The standard InChI is InChI=1S/C15H9F3N2O2S/c16-15(17,18)9-3-1-8(2-4-9)12-6-5-10(22-12)7-11-13(21)20-14(23)19-11/h1-7H,(H2,19,20,21,23)/b11-7+. The number of hydrogen-bond donors (Lipinski definition) is 2. The van der Waals surface area contributed by atoms with Crippen molar-refractivity contribution in [2.75, 3.05) is 0 Å². The zero-order valence-corrected chi connectivity index (χ0v) is 12.2. The van der Waals surface area contributed by atoms with Crippen LogP contribution in [-0.2, 0) is 11.0 Å². The zero-order valence-electron chi connectivity index (χ0n) is 11.4.